The van der Waals surface area contributed by atoms with Gasteiger partial charge in [0, 0.05) is 68.1 Å². The number of fused-ring (bicyclic) bond motifs is 1. The van der Waals surface area contributed by atoms with Crippen molar-refractivity contribution >= 4 is 16.9 Å². The summed E-state index contributed by atoms with van der Waals surface area (Å²) in [5.41, 5.74) is 2.73. The summed E-state index contributed by atoms with van der Waals surface area (Å²) in [6, 6.07) is 7.42. The van der Waals surface area contributed by atoms with Gasteiger partial charge in [-0.2, -0.15) is 0 Å². The number of aromatic nitrogens is 3. The maximum Gasteiger partial charge on any atom is 0.258 e. The number of piperidine rings is 1. The van der Waals surface area contributed by atoms with E-state index < -0.39 is 0 Å². The number of nitrogens with zero attached hydrogens (tertiary/aromatic N) is 4. The van der Waals surface area contributed by atoms with Gasteiger partial charge in [-0.05, 0) is 50.5 Å². The first-order valence-electron chi connectivity index (χ1n) is 10.2. The van der Waals surface area contributed by atoms with Crippen LogP contribution in [0, 0.1) is 12.7 Å². The van der Waals surface area contributed by atoms with Crippen molar-refractivity contribution in [1.82, 2.24) is 19.0 Å². The SMILES string of the molecule is CNc1nc(C)c(CCN2CCC(n3ccc4cc(F)ccc43)CC2)c(=O)n1C. The van der Waals surface area contributed by atoms with Crippen molar-refractivity contribution in [1.29, 1.82) is 0 Å². The highest BCUT2D eigenvalue weighted by atomic mass is 19.1. The third-order valence-electron chi connectivity index (χ3n) is 6.13. The fourth-order valence-corrected chi connectivity index (χ4v) is 4.41. The molecule has 4 rings (SSSR count). The number of likely N-dealkylation sites (tertiary alicyclic amines) is 1. The van der Waals surface area contributed by atoms with Crippen molar-refractivity contribution in [3.63, 3.8) is 0 Å². The van der Waals surface area contributed by atoms with E-state index in [4.69, 9.17) is 0 Å². The number of nitrogens with one attached hydrogen (secondary N) is 1. The number of anilines is 1. The molecular formula is C22H28FN5O. The van der Waals surface area contributed by atoms with E-state index in [1.165, 1.54) is 6.07 Å². The second-order valence-corrected chi connectivity index (χ2v) is 7.86. The summed E-state index contributed by atoms with van der Waals surface area (Å²) in [5.74, 6) is 0.402. The highest BCUT2D eigenvalue weighted by Gasteiger charge is 2.22. The Kier molecular flexibility index (Phi) is 5.41. The summed E-state index contributed by atoms with van der Waals surface area (Å²) in [5, 5.41) is 3.92. The number of hydrogen-bond donors (Lipinski definition) is 1. The van der Waals surface area contributed by atoms with Crippen LogP contribution in [0.3, 0.4) is 0 Å². The fraction of sp³-hybridized carbons (Fsp3) is 0.455. The summed E-state index contributed by atoms with van der Waals surface area (Å²) in [6.07, 6.45) is 4.89. The predicted molar refractivity (Wildman–Crippen MR) is 114 cm³/mol. The average Bonchev–Trinajstić information content (AvgIpc) is 3.14. The summed E-state index contributed by atoms with van der Waals surface area (Å²) in [7, 11) is 3.53. The van der Waals surface area contributed by atoms with E-state index in [1.54, 1.807) is 24.7 Å². The van der Waals surface area contributed by atoms with Gasteiger partial charge in [-0.15, -0.1) is 0 Å². The molecule has 1 aliphatic heterocycles. The van der Waals surface area contributed by atoms with Gasteiger partial charge in [0.1, 0.15) is 5.82 Å². The van der Waals surface area contributed by atoms with Gasteiger partial charge in [0.05, 0.1) is 0 Å². The Morgan fingerprint density at radius 2 is 2.00 bits per heavy atom. The van der Waals surface area contributed by atoms with Gasteiger partial charge in [0.25, 0.3) is 5.56 Å². The minimum absolute atomic E-state index is 0.0304. The lowest BCUT2D eigenvalue weighted by atomic mass is 10.0. The zero-order valence-corrected chi connectivity index (χ0v) is 17.3. The minimum atomic E-state index is -0.191. The Morgan fingerprint density at radius 1 is 1.24 bits per heavy atom. The Morgan fingerprint density at radius 3 is 2.72 bits per heavy atom. The van der Waals surface area contributed by atoms with E-state index >= 15 is 0 Å². The largest absolute Gasteiger partial charge is 0.359 e. The van der Waals surface area contributed by atoms with Crippen LogP contribution >= 0.6 is 0 Å². The first-order chi connectivity index (χ1) is 14.0. The van der Waals surface area contributed by atoms with Crippen molar-refractivity contribution in [2.45, 2.75) is 32.2 Å². The van der Waals surface area contributed by atoms with Crippen LogP contribution in [0.2, 0.25) is 0 Å². The Hall–Kier alpha value is -2.67. The zero-order valence-electron chi connectivity index (χ0n) is 17.3. The monoisotopic (exact) mass is 397 g/mol. The van der Waals surface area contributed by atoms with Crippen molar-refractivity contribution in [2.75, 3.05) is 32.0 Å². The summed E-state index contributed by atoms with van der Waals surface area (Å²) < 4.78 is 17.3. The van der Waals surface area contributed by atoms with Crippen LogP contribution in [0.15, 0.2) is 35.3 Å². The van der Waals surface area contributed by atoms with Crippen molar-refractivity contribution in [2.24, 2.45) is 7.05 Å². The predicted octanol–water partition coefficient (Wildman–Crippen LogP) is 3.10. The minimum Gasteiger partial charge on any atom is -0.359 e. The first kappa shape index (κ1) is 19.6. The van der Waals surface area contributed by atoms with Crippen LogP contribution in [0.1, 0.15) is 30.1 Å². The van der Waals surface area contributed by atoms with Crippen molar-refractivity contribution in [3.05, 3.63) is 57.9 Å². The highest BCUT2D eigenvalue weighted by Crippen LogP contribution is 2.28. The molecule has 0 saturated carbocycles. The van der Waals surface area contributed by atoms with Crippen molar-refractivity contribution in [3.8, 4) is 0 Å². The zero-order chi connectivity index (χ0) is 20.5. The average molecular weight is 397 g/mol. The molecule has 7 heteroatoms. The molecular weight excluding hydrogens is 369 g/mol. The molecule has 0 unspecified atom stereocenters. The van der Waals surface area contributed by atoms with E-state index in [-0.39, 0.29) is 11.4 Å². The summed E-state index contributed by atoms with van der Waals surface area (Å²) in [6.45, 7) is 4.75. The molecule has 3 heterocycles. The molecule has 3 aromatic rings. The molecule has 1 aromatic carbocycles. The van der Waals surface area contributed by atoms with Gasteiger partial charge in [-0.3, -0.25) is 9.36 Å². The number of benzene rings is 1. The molecule has 0 atom stereocenters. The number of halogens is 1. The summed E-state index contributed by atoms with van der Waals surface area (Å²) >= 11 is 0. The molecule has 6 nitrogen and oxygen atoms in total. The Labute approximate surface area is 170 Å². The van der Waals surface area contributed by atoms with Crippen LogP contribution < -0.4 is 10.9 Å². The molecule has 1 N–H and O–H groups in total. The lowest BCUT2D eigenvalue weighted by molar-refractivity contribution is 0.190. The molecule has 0 bridgehead atoms. The van der Waals surface area contributed by atoms with E-state index in [9.17, 15) is 9.18 Å². The van der Waals surface area contributed by atoms with Gasteiger partial charge >= 0.3 is 0 Å². The smallest absolute Gasteiger partial charge is 0.258 e. The van der Waals surface area contributed by atoms with E-state index in [1.807, 2.05) is 19.1 Å². The standard InChI is InChI=1S/C22H28FN5O/c1-15-19(21(29)26(3)22(24-2)25-15)9-12-27-10-7-18(8-11-27)28-13-6-16-14-17(23)4-5-20(16)28/h4-6,13-14,18H,7-12H2,1-3H3,(H,24,25). The Balaban J connectivity index is 1.39. The molecule has 0 spiro atoms. The molecule has 2 aromatic heterocycles. The van der Waals surface area contributed by atoms with Crippen LogP contribution in [-0.4, -0.2) is 45.7 Å². The van der Waals surface area contributed by atoms with Crippen molar-refractivity contribution < 1.29 is 4.39 Å². The lowest BCUT2D eigenvalue weighted by Gasteiger charge is -2.33. The molecule has 1 aliphatic rings. The topological polar surface area (TPSA) is 55.1 Å². The van der Waals surface area contributed by atoms with Crippen LogP contribution in [0.25, 0.3) is 10.9 Å². The van der Waals surface area contributed by atoms with E-state index in [0.29, 0.717) is 18.4 Å². The van der Waals surface area contributed by atoms with Gasteiger partial charge in [0.2, 0.25) is 5.95 Å². The van der Waals surface area contributed by atoms with Gasteiger partial charge in [0.15, 0.2) is 0 Å². The summed E-state index contributed by atoms with van der Waals surface area (Å²) in [4.78, 5) is 19.6. The van der Waals surface area contributed by atoms with Crippen LogP contribution in [-0.2, 0) is 13.5 Å². The highest BCUT2D eigenvalue weighted by molar-refractivity contribution is 5.80. The van der Waals surface area contributed by atoms with E-state index in [0.717, 1.165) is 54.6 Å². The lowest BCUT2D eigenvalue weighted by Crippen LogP contribution is -2.37. The second kappa shape index (κ2) is 7.99. The normalized spacial score (nSPS) is 15.9. The van der Waals surface area contributed by atoms with E-state index in [2.05, 4.69) is 26.0 Å². The molecule has 1 saturated heterocycles. The molecule has 154 valence electrons. The van der Waals surface area contributed by atoms with Gasteiger partial charge < -0.3 is 14.8 Å². The maximum absolute atomic E-state index is 13.4. The first-order valence-corrected chi connectivity index (χ1v) is 10.2. The van der Waals surface area contributed by atoms with Gasteiger partial charge in [-0.25, -0.2) is 9.37 Å². The van der Waals surface area contributed by atoms with Crippen LogP contribution in [0.4, 0.5) is 10.3 Å². The number of aryl methyl sites for hydroxylation is 1. The maximum atomic E-state index is 13.4. The van der Waals surface area contributed by atoms with Gasteiger partial charge in [-0.1, -0.05) is 0 Å². The third-order valence-corrected chi connectivity index (χ3v) is 6.13. The molecule has 0 amide bonds. The number of rotatable bonds is 5. The molecule has 29 heavy (non-hydrogen) atoms. The molecule has 1 fully saturated rings. The molecule has 0 aliphatic carbocycles. The number of hydrogen-bond acceptors (Lipinski definition) is 4. The van der Waals surface area contributed by atoms with Crippen LogP contribution in [0.5, 0.6) is 0 Å². The quantitative estimate of drug-likeness (QED) is 0.719. The molecule has 0 radical (unpaired) electrons. The fourth-order valence-electron chi connectivity index (χ4n) is 4.41. The third kappa shape index (κ3) is 3.79. The second-order valence-electron chi connectivity index (χ2n) is 7.86. The Bertz CT molecular complexity index is 1080.